The molecular formula is C27H31F4N5O3. The van der Waals surface area contributed by atoms with Gasteiger partial charge in [0.05, 0.1) is 30.7 Å². The maximum absolute atomic E-state index is 14.4. The maximum atomic E-state index is 14.4. The number of nitrogens with zero attached hydrogens (tertiary/aromatic N) is 3. The second-order valence-electron chi connectivity index (χ2n) is 10.2. The highest BCUT2D eigenvalue weighted by molar-refractivity contribution is 5.91. The van der Waals surface area contributed by atoms with Crippen molar-refractivity contribution < 1.29 is 31.9 Å². The Labute approximate surface area is 223 Å². The Bertz CT molecular complexity index is 1170. The third kappa shape index (κ3) is 6.66. The van der Waals surface area contributed by atoms with Gasteiger partial charge in [0.15, 0.2) is 0 Å². The number of benzene rings is 1. The number of pyridine rings is 1. The van der Waals surface area contributed by atoms with Gasteiger partial charge < -0.3 is 20.4 Å². The highest BCUT2D eigenvalue weighted by Gasteiger charge is 2.49. The molecule has 2 saturated heterocycles. The van der Waals surface area contributed by atoms with Gasteiger partial charge in [-0.3, -0.25) is 14.6 Å². The normalized spacial score (nSPS) is 20.5. The Balaban J connectivity index is 1.42. The van der Waals surface area contributed by atoms with E-state index < -0.39 is 67.8 Å². The van der Waals surface area contributed by atoms with Crippen LogP contribution in [0, 0.1) is 5.92 Å². The number of nitrogens with one attached hydrogen (secondary N) is 2. The molecule has 4 rings (SSSR count). The number of carbonyl (C=O) groups excluding carboxylic acids is 3. The molecule has 210 valence electrons. The van der Waals surface area contributed by atoms with Gasteiger partial charge in [-0.1, -0.05) is 50.2 Å². The van der Waals surface area contributed by atoms with Crippen LogP contribution in [0.5, 0.6) is 0 Å². The first kappa shape index (κ1) is 28.3. The largest absolute Gasteiger partial charge is 0.395 e. The smallest absolute Gasteiger partial charge is 0.342 e. The zero-order valence-electron chi connectivity index (χ0n) is 21.6. The van der Waals surface area contributed by atoms with E-state index in [9.17, 15) is 31.9 Å². The Hall–Kier alpha value is -3.70. The van der Waals surface area contributed by atoms with Crippen LogP contribution in [0.2, 0.25) is 0 Å². The Morgan fingerprint density at radius 2 is 1.72 bits per heavy atom. The lowest BCUT2D eigenvalue weighted by molar-refractivity contribution is -0.202. The third-order valence-corrected chi connectivity index (χ3v) is 7.09. The summed E-state index contributed by atoms with van der Waals surface area (Å²) >= 11 is 0. The molecule has 1 aromatic heterocycles. The van der Waals surface area contributed by atoms with Crippen LogP contribution in [-0.4, -0.2) is 77.2 Å². The van der Waals surface area contributed by atoms with Gasteiger partial charge in [-0.05, 0) is 23.1 Å². The molecule has 39 heavy (non-hydrogen) atoms. The fourth-order valence-electron chi connectivity index (χ4n) is 4.67. The van der Waals surface area contributed by atoms with Crippen LogP contribution in [0.15, 0.2) is 48.7 Å². The first-order valence-electron chi connectivity index (χ1n) is 12.8. The minimum Gasteiger partial charge on any atom is -0.342 e. The lowest BCUT2D eigenvalue weighted by atomic mass is 10.00. The van der Waals surface area contributed by atoms with Gasteiger partial charge in [0.2, 0.25) is 11.8 Å². The second-order valence-corrected chi connectivity index (χ2v) is 10.2. The summed E-state index contributed by atoms with van der Waals surface area (Å²) in [5, 5.41) is 5.18. The molecule has 3 atom stereocenters. The molecule has 2 aromatic rings. The molecule has 0 saturated carbocycles. The third-order valence-electron chi connectivity index (χ3n) is 7.09. The summed E-state index contributed by atoms with van der Waals surface area (Å²) in [6, 6.07) is 10.3. The van der Waals surface area contributed by atoms with E-state index in [-0.39, 0.29) is 18.9 Å². The Kier molecular flexibility index (Phi) is 8.41. The van der Waals surface area contributed by atoms with Crippen molar-refractivity contribution in [1.29, 1.82) is 0 Å². The number of carbonyl (C=O) groups is 3. The molecule has 0 spiro atoms. The van der Waals surface area contributed by atoms with Gasteiger partial charge in [0, 0.05) is 25.7 Å². The first-order valence-corrected chi connectivity index (χ1v) is 12.8. The van der Waals surface area contributed by atoms with Crippen LogP contribution in [0.25, 0.3) is 0 Å². The van der Waals surface area contributed by atoms with Crippen LogP contribution in [0.4, 0.5) is 22.4 Å². The van der Waals surface area contributed by atoms with Crippen molar-refractivity contribution in [3.8, 4) is 0 Å². The predicted octanol–water partition coefficient (Wildman–Crippen LogP) is 3.55. The van der Waals surface area contributed by atoms with Crippen LogP contribution < -0.4 is 10.6 Å². The van der Waals surface area contributed by atoms with Crippen LogP contribution in [0.1, 0.15) is 49.0 Å². The van der Waals surface area contributed by atoms with Crippen molar-refractivity contribution in [1.82, 2.24) is 25.4 Å². The van der Waals surface area contributed by atoms with E-state index in [1.165, 1.54) is 0 Å². The molecule has 3 heterocycles. The molecule has 0 bridgehead atoms. The van der Waals surface area contributed by atoms with Gasteiger partial charge in [-0.25, -0.2) is 9.18 Å². The predicted molar refractivity (Wildman–Crippen MR) is 134 cm³/mol. The monoisotopic (exact) mass is 549 g/mol. The topological polar surface area (TPSA) is 94.6 Å². The summed E-state index contributed by atoms with van der Waals surface area (Å²) in [5.41, 5.74) is 2.35. The minimum atomic E-state index is -4.39. The number of rotatable bonds is 7. The van der Waals surface area contributed by atoms with Crippen LogP contribution in [0.3, 0.4) is 0 Å². The molecule has 4 amide bonds. The van der Waals surface area contributed by atoms with E-state index >= 15 is 0 Å². The van der Waals surface area contributed by atoms with Gasteiger partial charge in [-0.15, -0.1) is 0 Å². The molecule has 0 radical (unpaired) electrons. The molecular weight excluding hydrogens is 518 g/mol. The molecule has 0 aliphatic carbocycles. The highest BCUT2D eigenvalue weighted by atomic mass is 19.4. The van der Waals surface area contributed by atoms with Crippen LogP contribution >= 0.6 is 0 Å². The van der Waals surface area contributed by atoms with Crippen molar-refractivity contribution in [2.75, 3.05) is 26.2 Å². The van der Waals surface area contributed by atoms with E-state index in [2.05, 4.69) is 15.6 Å². The van der Waals surface area contributed by atoms with Crippen molar-refractivity contribution >= 4 is 17.8 Å². The van der Waals surface area contributed by atoms with E-state index in [0.29, 0.717) is 5.69 Å². The molecule has 8 nitrogen and oxygen atoms in total. The quantitative estimate of drug-likeness (QED) is 0.517. The fourth-order valence-corrected chi connectivity index (χ4v) is 4.67. The van der Waals surface area contributed by atoms with E-state index in [4.69, 9.17) is 0 Å². The average molecular weight is 550 g/mol. The number of amides is 4. The van der Waals surface area contributed by atoms with Gasteiger partial charge in [0.25, 0.3) is 0 Å². The fraction of sp³-hybridized carbons (Fsp3) is 0.481. The lowest BCUT2D eigenvalue weighted by Gasteiger charge is -2.39. The number of halogens is 4. The second kappa shape index (κ2) is 11.6. The van der Waals surface area contributed by atoms with E-state index in [1.54, 1.807) is 6.20 Å². The molecule has 12 heteroatoms. The number of urea groups is 1. The van der Waals surface area contributed by atoms with Gasteiger partial charge in [-0.2, -0.15) is 13.2 Å². The number of aromatic nitrogens is 1. The minimum absolute atomic E-state index is 0.216. The summed E-state index contributed by atoms with van der Waals surface area (Å²) in [7, 11) is 0. The zero-order valence-corrected chi connectivity index (χ0v) is 21.6. The van der Waals surface area contributed by atoms with Crippen molar-refractivity contribution in [3.63, 3.8) is 0 Å². The van der Waals surface area contributed by atoms with Gasteiger partial charge >= 0.3 is 12.2 Å². The standard InChI is InChI=1S/C27H31F4N5O3/c1-16(2)18-8-9-21(32-11-18)24(17-6-4-3-5-7-17)34-25(38)22-10-20(28)15-36(22)23(37)12-33-26(39)35-13-19(14-35)27(29,30)31/h3-9,11,16,19-20,22,24H,10,12-15H2,1-2H3,(H,33,39)(H,34,38)/t20-,22+,24+/m1/s1. The first-order chi connectivity index (χ1) is 18.4. The number of hydrogen-bond acceptors (Lipinski definition) is 4. The molecule has 0 unspecified atom stereocenters. The molecule has 2 N–H and O–H groups in total. The zero-order chi connectivity index (χ0) is 28.3. The Morgan fingerprint density at radius 1 is 1.03 bits per heavy atom. The van der Waals surface area contributed by atoms with E-state index in [1.807, 2.05) is 56.3 Å². The van der Waals surface area contributed by atoms with Crippen molar-refractivity contribution in [2.45, 2.75) is 50.6 Å². The molecule has 2 fully saturated rings. The van der Waals surface area contributed by atoms with E-state index in [0.717, 1.165) is 20.9 Å². The Morgan fingerprint density at radius 3 is 2.31 bits per heavy atom. The summed E-state index contributed by atoms with van der Waals surface area (Å²) in [6.07, 6.45) is -4.31. The summed E-state index contributed by atoms with van der Waals surface area (Å²) in [6.45, 7) is 2.21. The SMILES string of the molecule is CC(C)c1ccc([C@@H](NC(=O)[C@@H]2C[C@@H](F)CN2C(=O)CNC(=O)N2CC(C(F)(F)F)C2)c2ccccc2)nc1. The summed E-state index contributed by atoms with van der Waals surface area (Å²) in [5.74, 6) is -2.60. The van der Waals surface area contributed by atoms with Crippen molar-refractivity contribution in [3.05, 3.63) is 65.5 Å². The van der Waals surface area contributed by atoms with Crippen molar-refractivity contribution in [2.24, 2.45) is 5.92 Å². The molecule has 2 aliphatic heterocycles. The number of hydrogen-bond donors (Lipinski definition) is 2. The number of likely N-dealkylation sites (tertiary alicyclic amines) is 2. The lowest BCUT2D eigenvalue weighted by Crippen LogP contribution is -2.59. The molecule has 1 aromatic carbocycles. The van der Waals surface area contributed by atoms with Crippen LogP contribution in [-0.2, 0) is 9.59 Å². The summed E-state index contributed by atoms with van der Waals surface area (Å²) < 4.78 is 52.4. The highest BCUT2D eigenvalue weighted by Crippen LogP contribution is 2.33. The maximum Gasteiger partial charge on any atom is 0.395 e. The van der Waals surface area contributed by atoms with Gasteiger partial charge in [0.1, 0.15) is 12.2 Å². The number of alkyl halides is 4. The molecule has 2 aliphatic rings. The summed E-state index contributed by atoms with van der Waals surface area (Å²) in [4.78, 5) is 44.9. The average Bonchev–Trinajstić information content (AvgIpc) is 3.26.